The van der Waals surface area contributed by atoms with Gasteiger partial charge in [-0.05, 0) is 107 Å². The van der Waals surface area contributed by atoms with Crippen molar-refractivity contribution in [3.8, 4) is 0 Å². The molecule has 7 aromatic rings. The van der Waals surface area contributed by atoms with E-state index in [2.05, 4.69) is 149 Å². The minimum Gasteiger partial charge on any atom is -0.395 e. The van der Waals surface area contributed by atoms with Crippen LogP contribution in [0.3, 0.4) is 0 Å². The summed E-state index contributed by atoms with van der Waals surface area (Å²) in [5.41, 5.74) is 2.46. The molecule has 82 heavy (non-hydrogen) atoms. The lowest BCUT2D eigenvalue weighted by Gasteiger charge is -2.42. The Balaban J connectivity index is 1.28. The van der Waals surface area contributed by atoms with Crippen molar-refractivity contribution in [3.05, 3.63) is 248 Å². The maximum Gasteiger partial charge on any atom is 0.658 e. The number of nitrogens with one attached hydrogen (secondary N) is 1. The first-order valence-electron chi connectivity index (χ1n) is 28.3. The van der Waals surface area contributed by atoms with Gasteiger partial charge in [0.2, 0.25) is 0 Å². The summed E-state index contributed by atoms with van der Waals surface area (Å²) in [6.45, 7) is 22.4. The maximum absolute atomic E-state index is 13.6. The van der Waals surface area contributed by atoms with E-state index in [9.17, 15) is 9.59 Å². The number of aromatic amines is 1. The highest BCUT2D eigenvalue weighted by Crippen LogP contribution is 2.50. The first-order valence-corrected chi connectivity index (χ1v) is 37.8. The first kappa shape index (κ1) is 62.7. The highest BCUT2D eigenvalue weighted by Gasteiger charge is 2.56. The van der Waals surface area contributed by atoms with E-state index in [4.69, 9.17) is 40.3 Å². The fourth-order valence-electron chi connectivity index (χ4n) is 10.6. The van der Waals surface area contributed by atoms with E-state index < -0.39 is 81.2 Å². The van der Waals surface area contributed by atoms with Crippen molar-refractivity contribution < 1.29 is 40.3 Å². The molecule has 1 unspecified atom stereocenters. The normalized spacial score (nSPS) is 16.9. The SMILES string of the molecule is COP(O[C@H]1C[C@H](n2cc(C)c(=O)[nH]c2=O)O[C@@H]1CO[Si](OC(COC(c1ccccc1)(c1ccccc1)c1ccccc1)COC(c1ccccc1)(c1ccccc1)c1ccccc1)(O[Si](C)(C)C)O[Si](C)(C)C)N(C(C)C)C(C)C. The van der Waals surface area contributed by atoms with Crippen LogP contribution in [0.4, 0.5) is 0 Å². The number of nitrogens with zero attached hydrogens (tertiary/aromatic N) is 2. The molecular formula is C64H82N3O11PSi3. The molecule has 1 aliphatic rings. The highest BCUT2D eigenvalue weighted by molar-refractivity contribution is 7.44. The highest BCUT2D eigenvalue weighted by atomic mass is 31.2. The Hall–Kier alpha value is -5.32. The minimum absolute atomic E-state index is 0.0457. The van der Waals surface area contributed by atoms with Gasteiger partial charge < -0.3 is 40.3 Å². The quantitative estimate of drug-likeness (QED) is 0.0283. The van der Waals surface area contributed by atoms with Crippen LogP contribution in [0, 0.1) is 6.92 Å². The summed E-state index contributed by atoms with van der Waals surface area (Å²) in [5, 5.41) is 0. The zero-order chi connectivity index (χ0) is 58.7. The number of hydrogen-bond acceptors (Lipinski definition) is 12. The average Bonchev–Trinajstić information content (AvgIpc) is 3.99. The second-order valence-corrected chi connectivity index (χ2v) is 36.3. The molecule has 18 heteroatoms. The van der Waals surface area contributed by atoms with Gasteiger partial charge in [0, 0.05) is 37.4 Å². The van der Waals surface area contributed by atoms with Gasteiger partial charge in [-0.2, -0.15) is 0 Å². The zero-order valence-corrected chi connectivity index (χ0v) is 53.4. The molecule has 0 saturated carbocycles. The largest absolute Gasteiger partial charge is 0.658 e. The molecule has 0 bridgehead atoms. The van der Waals surface area contributed by atoms with Crippen LogP contribution >= 0.6 is 8.53 Å². The second-order valence-electron chi connectivity index (χ2n) is 23.1. The lowest BCUT2D eigenvalue weighted by Crippen LogP contribution is -2.62. The molecule has 1 saturated heterocycles. The summed E-state index contributed by atoms with van der Waals surface area (Å²) in [6, 6.07) is 61.6. The van der Waals surface area contributed by atoms with E-state index in [-0.39, 0.29) is 38.3 Å². The van der Waals surface area contributed by atoms with Gasteiger partial charge in [-0.3, -0.25) is 14.3 Å². The van der Waals surface area contributed by atoms with Crippen LogP contribution in [-0.2, 0) is 51.5 Å². The Morgan fingerprint density at radius 1 is 0.610 bits per heavy atom. The van der Waals surface area contributed by atoms with Gasteiger partial charge in [0.15, 0.2) is 16.6 Å². The van der Waals surface area contributed by atoms with Crippen molar-refractivity contribution in [2.45, 2.75) is 128 Å². The maximum atomic E-state index is 13.6. The fourth-order valence-corrected chi connectivity index (χ4v) is 20.6. The third-order valence-electron chi connectivity index (χ3n) is 13.9. The van der Waals surface area contributed by atoms with E-state index in [1.54, 1.807) is 14.0 Å². The topological polar surface area (TPSA) is 141 Å². The molecule has 4 atom stereocenters. The molecular weight excluding hydrogens is 1100 g/mol. The molecule has 8 rings (SSSR count). The van der Waals surface area contributed by atoms with Crippen LogP contribution in [-0.4, -0.2) is 97.2 Å². The number of rotatable bonds is 28. The fraction of sp³-hybridized carbons (Fsp3) is 0.375. The number of aryl methyl sites for hydroxylation is 1. The molecule has 0 amide bonds. The van der Waals surface area contributed by atoms with Gasteiger partial charge in [0.25, 0.3) is 14.1 Å². The number of aromatic nitrogens is 2. The molecule has 1 fully saturated rings. The van der Waals surface area contributed by atoms with Gasteiger partial charge in [0.1, 0.15) is 23.5 Å². The molecule has 0 aliphatic carbocycles. The van der Waals surface area contributed by atoms with Gasteiger partial charge >= 0.3 is 14.7 Å². The molecule has 14 nitrogen and oxygen atoms in total. The van der Waals surface area contributed by atoms with E-state index in [0.29, 0.717) is 5.56 Å². The van der Waals surface area contributed by atoms with Gasteiger partial charge in [-0.1, -0.05) is 182 Å². The van der Waals surface area contributed by atoms with Crippen molar-refractivity contribution in [3.63, 3.8) is 0 Å². The lowest BCUT2D eigenvalue weighted by atomic mass is 9.80. The van der Waals surface area contributed by atoms with Crippen LogP contribution in [0.5, 0.6) is 0 Å². The Bertz CT molecular complexity index is 2840. The molecule has 6 aromatic carbocycles. The average molecular weight is 1180 g/mol. The Morgan fingerprint density at radius 2 is 0.976 bits per heavy atom. The Morgan fingerprint density at radius 3 is 1.30 bits per heavy atom. The summed E-state index contributed by atoms with van der Waals surface area (Å²) < 4.78 is 68.9. The van der Waals surface area contributed by atoms with Gasteiger partial charge in [0.05, 0.1) is 32.0 Å². The smallest absolute Gasteiger partial charge is 0.395 e. The summed E-state index contributed by atoms with van der Waals surface area (Å²) in [7, 11) is -9.84. The van der Waals surface area contributed by atoms with Crippen molar-refractivity contribution in [1.29, 1.82) is 0 Å². The summed E-state index contributed by atoms with van der Waals surface area (Å²) in [6.07, 6.45) is -1.51. The van der Waals surface area contributed by atoms with E-state index >= 15 is 0 Å². The van der Waals surface area contributed by atoms with Crippen molar-refractivity contribution in [2.75, 3.05) is 26.9 Å². The van der Waals surface area contributed by atoms with Crippen molar-refractivity contribution >= 4 is 34.2 Å². The molecule has 436 valence electrons. The summed E-state index contributed by atoms with van der Waals surface area (Å²) in [5.74, 6) is 0. The number of benzene rings is 6. The predicted octanol–water partition coefficient (Wildman–Crippen LogP) is 13.1. The van der Waals surface area contributed by atoms with Crippen LogP contribution in [0.1, 0.15) is 79.3 Å². The molecule has 1 aliphatic heterocycles. The number of H-pyrrole nitrogens is 1. The van der Waals surface area contributed by atoms with Crippen molar-refractivity contribution in [2.24, 2.45) is 0 Å². The van der Waals surface area contributed by atoms with E-state index in [1.807, 2.05) is 109 Å². The summed E-state index contributed by atoms with van der Waals surface area (Å²) in [4.78, 5) is 28.7. The number of hydrogen-bond donors (Lipinski definition) is 1. The molecule has 1 N–H and O–H groups in total. The zero-order valence-electron chi connectivity index (χ0n) is 49.5. The summed E-state index contributed by atoms with van der Waals surface area (Å²) >= 11 is 0. The van der Waals surface area contributed by atoms with Gasteiger partial charge in [-0.25, -0.2) is 9.46 Å². The molecule has 2 heterocycles. The van der Waals surface area contributed by atoms with Crippen LogP contribution in [0.2, 0.25) is 39.3 Å². The van der Waals surface area contributed by atoms with Crippen LogP contribution in [0.15, 0.2) is 198 Å². The van der Waals surface area contributed by atoms with E-state index in [1.165, 1.54) is 10.8 Å². The lowest BCUT2D eigenvalue weighted by molar-refractivity contribution is -0.116. The predicted molar refractivity (Wildman–Crippen MR) is 331 cm³/mol. The Labute approximate surface area is 489 Å². The molecule has 0 spiro atoms. The van der Waals surface area contributed by atoms with Crippen LogP contribution < -0.4 is 11.2 Å². The molecule has 0 radical (unpaired) electrons. The monoisotopic (exact) mass is 1180 g/mol. The number of ether oxygens (including phenoxy) is 3. The van der Waals surface area contributed by atoms with Crippen molar-refractivity contribution in [1.82, 2.24) is 14.2 Å². The second kappa shape index (κ2) is 27.6. The first-order chi connectivity index (χ1) is 39.2. The van der Waals surface area contributed by atoms with Crippen LogP contribution in [0.25, 0.3) is 0 Å². The third kappa shape index (κ3) is 15.1. The minimum atomic E-state index is -4.45. The van der Waals surface area contributed by atoms with Gasteiger partial charge in [-0.15, -0.1) is 0 Å². The molecule has 1 aromatic heterocycles. The third-order valence-corrected chi connectivity index (χ3v) is 24.0. The van der Waals surface area contributed by atoms with E-state index in [0.717, 1.165) is 33.4 Å². The Kier molecular flexibility index (Phi) is 21.1. The standard InChI is InChI=1S/C64H82N3O11PSi3/c1-48(2)67(49(3)4)79(70-6)75-58-43-60(66-44-50(5)61(68)65-62(66)69)74-59(58)47-73-82(77-80(7,8)9,78-81(10,11)12)76-57(45-71-63(51-31-19-13-20-32-51,52-33-21-14-22-34-52)53-35-23-15-24-36-53)46-72-64(54-37-25-16-26-38-54,55-39-27-17-28-40-55)56-41-29-18-30-42-56/h13-42,44,48-49,57-60H,43,45-47H2,1-12H3,(H,65,68,69)/t58-,59+,60+,79?/m0/s1.